The van der Waals surface area contributed by atoms with Crippen LogP contribution in [-0.4, -0.2) is 88.1 Å². The van der Waals surface area contributed by atoms with E-state index < -0.39 is 19.9 Å². The van der Waals surface area contributed by atoms with Gasteiger partial charge in [-0.15, -0.1) is 0 Å². The van der Waals surface area contributed by atoms with Gasteiger partial charge >= 0.3 is 0 Å². The lowest BCUT2D eigenvalue weighted by Gasteiger charge is -2.39. The van der Waals surface area contributed by atoms with Gasteiger partial charge in [0.2, 0.25) is 15.9 Å². The summed E-state index contributed by atoms with van der Waals surface area (Å²) >= 11 is 0. The highest BCUT2D eigenvalue weighted by molar-refractivity contribution is 7.90. The van der Waals surface area contributed by atoms with Crippen LogP contribution >= 0.6 is 0 Å². The first kappa shape index (κ1) is 28.3. The van der Waals surface area contributed by atoms with Gasteiger partial charge < -0.3 is 9.80 Å². The van der Waals surface area contributed by atoms with E-state index in [4.69, 9.17) is 0 Å². The van der Waals surface area contributed by atoms with Crippen molar-refractivity contribution in [1.29, 1.82) is 0 Å². The Morgan fingerprint density at radius 3 is 2.13 bits per heavy atom. The smallest absolute Gasteiger partial charge is 0.229 e. The van der Waals surface area contributed by atoms with Crippen molar-refractivity contribution in [2.45, 2.75) is 43.5 Å². The van der Waals surface area contributed by atoms with E-state index in [-0.39, 0.29) is 33.8 Å². The van der Waals surface area contributed by atoms with Gasteiger partial charge in [0.1, 0.15) is 0 Å². The second-order valence-corrected chi connectivity index (χ2v) is 15.7. The summed E-state index contributed by atoms with van der Waals surface area (Å²) in [6.07, 6.45) is 3.67. The molecule has 3 saturated heterocycles. The Balaban J connectivity index is 1.21. The quantitative estimate of drug-likeness (QED) is 0.482. The van der Waals surface area contributed by atoms with Crippen molar-refractivity contribution < 1.29 is 21.6 Å². The van der Waals surface area contributed by atoms with E-state index in [1.54, 1.807) is 35.5 Å². The molecule has 5 rings (SSSR count). The number of amides is 1. The molecule has 3 aliphatic heterocycles. The van der Waals surface area contributed by atoms with Crippen LogP contribution in [0.5, 0.6) is 0 Å². The van der Waals surface area contributed by atoms with E-state index in [1.165, 1.54) is 11.8 Å². The predicted octanol–water partition coefficient (Wildman–Crippen LogP) is 2.97. The summed E-state index contributed by atoms with van der Waals surface area (Å²) in [6, 6.07) is 17.0. The number of nitrogens with zero attached hydrogens (tertiary/aromatic N) is 3. The average molecular weight is 574 g/mol. The predicted molar refractivity (Wildman–Crippen MR) is 151 cm³/mol. The third kappa shape index (κ3) is 5.94. The zero-order valence-corrected chi connectivity index (χ0v) is 24.5. The maximum Gasteiger partial charge on any atom is 0.229 e. The number of likely N-dealkylation sites (tertiary alicyclic amines) is 2. The third-order valence-corrected chi connectivity index (χ3v) is 12.0. The summed E-state index contributed by atoms with van der Waals surface area (Å²) in [5.74, 6) is 0.709. The molecular weight excluding hydrogens is 534 g/mol. The van der Waals surface area contributed by atoms with Gasteiger partial charge in [0.05, 0.1) is 16.1 Å². The number of piperidine rings is 1. The molecule has 8 nitrogen and oxygen atoms in total. The van der Waals surface area contributed by atoms with Gasteiger partial charge in [-0.2, -0.15) is 0 Å². The van der Waals surface area contributed by atoms with Crippen LogP contribution in [0.25, 0.3) is 0 Å². The Morgan fingerprint density at radius 2 is 1.51 bits per heavy atom. The Labute approximate surface area is 233 Å². The summed E-state index contributed by atoms with van der Waals surface area (Å²) < 4.78 is 50.5. The lowest BCUT2D eigenvalue weighted by atomic mass is 9.76. The molecule has 0 bridgehead atoms. The fourth-order valence-electron chi connectivity index (χ4n) is 6.57. The van der Waals surface area contributed by atoms with Gasteiger partial charge in [0.15, 0.2) is 9.84 Å². The minimum Gasteiger partial charge on any atom is -0.338 e. The first-order valence-electron chi connectivity index (χ1n) is 13.8. The van der Waals surface area contributed by atoms with Gasteiger partial charge in [-0.1, -0.05) is 42.5 Å². The molecule has 1 amide bonds. The van der Waals surface area contributed by atoms with E-state index in [0.717, 1.165) is 51.0 Å². The largest absolute Gasteiger partial charge is 0.338 e. The number of benzene rings is 2. The van der Waals surface area contributed by atoms with Crippen LogP contribution in [0.4, 0.5) is 0 Å². The second kappa shape index (κ2) is 11.0. The molecule has 0 N–H and O–H groups in total. The lowest BCUT2D eigenvalue weighted by Crippen LogP contribution is -2.46. The van der Waals surface area contributed by atoms with E-state index in [2.05, 4.69) is 17.0 Å². The molecule has 1 spiro atoms. The molecule has 0 aromatic heterocycles. The van der Waals surface area contributed by atoms with Gasteiger partial charge in [0, 0.05) is 44.9 Å². The van der Waals surface area contributed by atoms with Gasteiger partial charge in [0.25, 0.3) is 0 Å². The summed E-state index contributed by atoms with van der Waals surface area (Å²) in [6.45, 7) is 6.49. The van der Waals surface area contributed by atoms with Gasteiger partial charge in [-0.25, -0.2) is 21.1 Å². The Hall–Kier alpha value is -2.27. The number of rotatable bonds is 8. The number of carbonyl (C=O) groups excluding carboxylic acids is 1. The van der Waals surface area contributed by atoms with Crippen LogP contribution in [0.3, 0.4) is 0 Å². The molecule has 2 aromatic carbocycles. The SMILES string of the molecule is CCS(=O)(=O)N1CC(CN2CCC3(CC2)CCN(Cc2ccc(S(C)(=O)=O)cc2)C3=O)C(c2ccccc2)C1. The first-order chi connectivity index (χ1) is 18.5. The van der Waals surface area contributed by atoms with Crippen LogP contribution in [0.2, 0.25) is 0 Å². The van der Waals surface area contributed by atoms with Crippen LogP contribution in [0.15, 0.2) is 59.5 Å². The third-order valence-electron chi connectivity index (χ3n) is 9.03. The van der Waals surface area contributed by atoms with Crippen molar-refractivity contribution in [3.05, 3.63) is 65.7 Å². The molecule has 2 unspecified atom stereocenters. The van der Waals surface area contributed by atoms with Crippen molar-refractivity contribution in [2.75, 3.05) is 51.3 Å². The Morgan fingerprint density at radius 1 is 0.872 bits per heavy atom. The number of sulfonamides is 1. The molecule has 0 radical (unpaired) electrons. The van der Waals surface area contributed by atoms with Crippen molar-refractivity contribution in [1.82, 2.24) is 14.1 Å². The van der Waals surface area contributed by atoms with E-state index in [1.807, 2.05) is 23.1 Å². The highest BCUT2D eigenvalue weighted by Crippen LogP contribution is 2.43. The van der Waals surface area contributed by atoms with Crippen LogP contribution in [-0.2, 0) is 31.2 Å². The van der Waals surface area contributed by atoms with Crippen molar-refractivity contribution in [3.8, 4) is 0 Å². The van der Waals surface area contributed by atoms with Gasteiger partial charge in [-0.3, -0.25) is 4.79 Å². The molecule has 0 aliphatic carbocycles. The zero-order chi connectivity index (χ0) is 27.8. The van der Waals surface area contributed by atoms with Crippen LogP contribution in [0.1, 0.15) is 43.2 Å². The monoisotopic (exact) mass is 573 g/mol. The van der Waals surface area contributed by atoms with Gasteiger partial charge in [-0.05, 0) is 68.5 Å². The minimum absolute atomic E-state index is 0.119. The number of hydrogen-bond donors (Lipinski definition) is 0. The minimum atomic E-state index is -3.25. The molecule has 3 fully saturated rings. The molecule has 3 heterocycles. The molecular formula is C29H39N3O5S2. The summed E-state index contributed by atoms with van der Waals surface area (Å²) in [5.41, 5.74) is 1.80. The average Bonchev–Trinajstić information content (AvgIpc) is 3.48. The number of sulfone groups is 1. The number of carbonyl (C=O) groups is 1. The summed E-state index contributed by atoms with van der Waals surface area (Å²) in [5, 5.41) is 0. The summed E-state index contributed by atoms with van der Waals surface area (Å²) in [7, 11) is -6.49. The van der Waals surface area contributed by atoms with E-state index in [9.17, 15) is 21.6 Å². The van der Waals surface area contributed by atoms with Crippen molar-refractivity contribution in [3.63, 3.8) is 0 Å². The fraction of sp³-hybridized carbons (Fsp3) is 0.552. The fourth-order valence-corrected chi connectivity index (χ4v) is 8.37. The molecule has 39 heavy (non-hydrogen) atoms. The molecule has 10 heteroatoms. The molecule has 2 atom stereocenters. The number of hydrogen-bond acceptors (Lipinski definition) is 6. The summed E-state index contributed by atoms with van der Waals surface area (Å²) in [4.78, 5) is 18.2. The Bertz CT molecular complexity index is 1390. The topological polar surface area (TPSA) is 95.1 Å². The highest BCUT2D eigenvalue weighted by Gasteiger charge is 2.48. The molecule has 212 valence electrons. The van der Waals surface area contributed by atoms with E-state index >= 15 is 0 Å². The normalized spacial score (nSPS) is 24.6. The maximum absolute atomic E-state index is 13.5. The van der Waals surface area contributed by atoms with Crippen molar-refractivity contribution in [2.24, 2.45) is 11.3 Å². The molecule has 0 saturated carbocycles. The zero-order valence-electron chi connectivity index (χ0n) is 22.8. The molecule has 3 aliphatic rings. The lowest BCUT2D eigenvalue weighted by molar-refractivity contribution is -0.139. The second-order valence-electron chi connectivity index (χ2n) is 11.5. The van der Waals surface area contributed by atoms with E-state index in [0.29, 0.717) is 19.6 Å². The standard InChI is InChI=1S/C29H39N3O5S2/c1-3-39(36,37)32-21-25(27(22-32)24-7-5-4-6-8-24)20-30-16-13-29(14-17-30)15-18-31(28(29)33)19-23-9-11-26(12-10-23)38(2,34)35/h4-12,25,27H,3,13-22H2,1-2H3. The highest BCUT2D eigenvalue weighted by atomic mass is 32.2. The van der Waals surface area contributed by atoms with Crippen LogP contribution < -0.4 is 0 Å². The van der Waals surface area contributed by atoms with Crippen molar-refractivity contribution >= 4 is 25.8 Å². The first-order valence-corrected chi connectivity index (χ1v) is 17.3. The Kier molecular flexibility index (Phi) is 7.94. The molecule has 2 aromatic rings. The maximum atomic E-state index is 13.5. The van der Waals surface area contributed by atoms with Crippen LogP contribution in [0, 0.1) is 11.3 Å².